The maximum Gasteiger partial charge on any atom is 0.131 e. The van der Waals surface area contributed by atoms with E-state index in [1.54, 1.807) is 0 Å². The number of rotatable bonds is 2. The van der Waals surface area contributed by atoms with Crippen molar-refractivity contribution in [3.05, 3.63) is 23.8 Å². The Morgan fingerprint density at radius 2 is 1.81 bits per heavy atom. The lowest BCUT2D eigenvalue weighted by molar-refractivity contribution is 0.441. The second kappa shape index (κ2) is 5.94. The Morgan fingerprint density at radius 1 is 1.12 bits per heavy atom. The predicted octanol–water partition coefficient (Wildman–Crippen LogP) is 2.76. The molecule has 2 N–H and O–H groups in total. The number of hydrogen-bond acceptors (Lipinski definition) is 3. The maximum atomic E-state index is 5.61. The highest BCUT2D eigenvalue weighted by molar-refractivity contribution is 5.05. The summed E-state index contributed by atoms with van der Waals surface area (Å²) in [5.74, 6) is 1.58. The molecule has 0 aliphatic heterocycles. The molecular formula is C13H21N3. The van der Waals surface area contributed by atoms with Crippen LogP contribution in [0.15, 0.2) is 12.3 Å². The zero-order valence-electron chi connectivity index (χ0n) is 9.86. The van der Waals surface area contributed by atoms with Gasteiger partial charge in [-0.15, -0.1) is 0 Å². The third kappa shape index (κ3) is 3.01. The van der Waals surface area contributed by atoms with Gasteiger partial charge in [-0.2, -0.15) is 0 Å². The van der Waals surface area contributed by atoms with Gasteiger partial charge in [-0.05, 0) is 18.9 Å². The van der Waals surface area contributed by atoms with Crippen LogP contribution in [-0.4, -0.2) is 9.97 Å². The monoisotopic (exact) mass is 219 g/mol. The molecule has 1 fully saturated rings. The highest BCUT2D eigenvalue weighted by atomic mass is 14.9. The summed E-state index contributed by atoms with van der Waals surface area (Å²) in [5.41, 5.74) is 6.58. The van der Waals surface area contributed by atoms with Crippen LogP contribution in [-0.2, 0) is 6.54 Å². The molecule has 0 radical (unpaired) electrons. The number of aromatic nitrogens is 2. The molecule has 0 amide bonds. The van der Waals surface area contributed by atoms with Crippen LogP contribution in [0.1, 0.15) is 62.4 Å². The summed E-state index contributed by atoms with van der Waals surface area (Å²) in [7, 11) is 0. The summed E-state index contributed by atoms with van der Waals surface area (Å²) in [4.78, 5) is 8.97. The van der Waals surface area contributed by atoms with Crippen LogP contribution in [0.4, 0.5) is 0 Å². The average molecular weight is 219 g/mol. The molecule has 0 atom stereocenters. The molecule has 1 saturated carbocycles. The third-order valence-electron chi connectivity index (χ3n) is 3.41. The van der Waals surface area contributed by atoms with E-state index in [9.17, 15) is 0 Å². The Kier molecular flexibility index (Phi) is 4.28. The molecule has 0 bridgehead atoms. The smallest absolute Gasteiger partial charge is 0.131 e. The van der Waals surface area contributed by atoms with E-state index in [1.165, 1.54) is 44.9 Å². The van der Waals surface area contributed by atoms with Crippen LogP contribution in [0.2, 0.25) is 0 Å². The highest BCUT2D eigenvalue weighted by Gasteiger charge is 2.16. The van der Waals surface area contributed by atoms with Gasteiger partial charge in [0, 0.05) is 18.7 Å². The summed E-state index contributed by atoms with van der Waals surface area (Å²) in [6.45, 7) is 0.516. The zero-order valence-corrected chi connectivity index (χ0v) is 9.86. The van der Waals surface area contributed by atoms with Gasteiger partial charge in [0.25, 0.3) is 0 Å². The average Bonchev–Trinajstić information content (AvgIpc) is 2.29. The quantitative estimate of drug-likeness (QED) is 0.832. The largest absolute Gasteiger partial charge is 0.325 e. The van der Waals surface area contributed by atoms with Crippen molar-refractivity contribution in [1.82, 2.24) is 9.97 Å². The Labute approximate surface area is 97.5 Å². The van der Waals surface area contributed by atoms with Crippen molar-refractivity contribution in [3.8, 4) is 0 Å². The minimum absolute atomic E-state index is 0.516. The fourth-order valence-electron chi connectivity index (χ4n) is 2.44. The molecule has 1 aliphatic rings. The van der Waals surface area contributed by atoms with E-state index < -0.39 is 0 Å². The molecule has 3 heteroatoms. The van der Waals surface area contributed by atoms with Crippen LogP contribution in [0.5, 0.6) is 0 Å². The first-order valence-corrected chi connectivity index (χ1v) is 6.42. The molecule has 1 aromatic rings. The molecular weight excluding hydrogens is 198 g/mol. The number of nitrogens with two attached hydrogens (primary N) is 1. The minimum atomic E-state index is 0.516. The van der Waals surface area contributed by atoms with Gasteiger partial charge >= 0.3 is 0 Å². The standard InChI is InChI=1S/C13H21N3/c14-10-12-8-9-15-13(16-12)11-6-4-2-1-3-5-7-11/h8-9,11H,1-7,10,14H2. The van der Waals surface area contributed by atoms with Crippen molar-refractivity contribution in [2.45, 2.75) is 57.4 Å². The first-order valence-electron chi connectivity index (χ1n) is 6.42. The number of nitrogens with zero attached hydrogens (tertiary/aromatic N) is 2. The minimum Gasteiger partial charge on any atom is -0.325 e. The van der Waals surface area contributed by atoms with Crippen LogP contribution in [0.3, 0.4) is 0 Å². The van der Waals surface area contributed by atoms with Gasteiger partial charge in [0.05, 0.1) is 5.69 Å². The zero-order chi connectivity index (χ0) is 11.2. The Hall–Kier alpha value is -0.960. The fraction of sp³-hybridized carbons (Fsp3) is 0.692. The van der Waals surface area contributed by atoms with E-state index >= 15 is 0 Å². The molecule has 0 spiro atoms. The van der Waals surface area contributed by atoms with Gasteiger partial charge in [-0.25, -0.2) is 9.97 Å². The molecule has 2 rings (SSSR count). The van der Waals surface area contributed by atoms with Gasteiger partial charge in [0.15, 0.2) is 0 Å². The van der Waals surface area contributed by atoms with E-state index in [0.717, 1.165) is 11.5 Å². The summed E-state index contributed by atoms with van der Waals surface area (Å²) < 4.78 is 0. The third-order valence-corrected chi connectivity index (χ3v) is 3.41. The summed E-state index contributed by atoms with van der Waals surface area (Å²) in [5, 5.41) is 0. The Bertz CT molecular complexity index is 317. The van der Waals surface area contributed by atoms with E-state index in [4.69, 9.17) is 5.73 Å². The lowest BCUT2D eigenvalue weighted by atomic mass is 9.90. The van der Waals surface area contributed by atoms with Crippen molar-refractivity contribution in [1.29, 1.82) is 0 Å². The summed E-state index contributed by atoms with van der Waals surface area (Å²) >= 11 is 0. The molecule has 16 heavy (non-hydrogen) atoms. The molecule has 0 unspecified atom stereocenters. The van der Waals surface area contributed by atoms with E-state index in [-0.39, 0.29) is 0 Å². The van der Waals surface area contributed by atoms with Crippen molar-refractivity contribution in [2.24, 2.45) is 5.73 Å². The molecule has 1 heterocycles. The second-order valence-electron chi connectivity index (χ2n) is 4.65. The maximum absolute atomic E-state index is 5.61. The predicted molar refractivity (Wildman–Crippen MR) is 65.0 cm³/mol. The fourth-order valence-corrected chi connectivity index (χ4v) is 2.44. The van der Waals surface area contributed by atoms with Crippen LogP contribution < -0.4 is 5.73 Å². The molecule has 0 saturated heterocycles. The number of hydrogen-bond donors (Lipinski definition) is 1. The molecule has 1 aliphatic carbocycles. The van der Waals surface area contributed by atoms with Gasteiger partial charge < -0.3 is 5.73 Å². The molecule has 88 valence electrons. The SMILES string of the molecule is NCc1ccnc(C2CCCCCCC2)n1. The lowest BCUT2D eigenvalue weighted by Crippen LogP contribution is -2.09. The first kappa shape index (κ1) is 11.5. The molecule has 0 aromatic carbocycles. The lowest BCUT2D eigenvalue weighted by Gasteiger charge is -2.18. The molecule has 3 nitrogen and oxygen atoms in total. The van der Waals surface area contributed by atoms with E-state index in [2.05, 4.69) is 9.97 Å². The van der Waals surface area contributed by atoms with Gasteiger partial charge in [-0.1, -0.05) is 32.1 Å². The Morgan fingerprint density at radius 3 is 2.50 bits per heavy atom. The normalized spacial score (nSPS) is 19.1. The first-order chi connectivity index (χ1) is 7.90. The van der Waals surface area contributed by atoms with Gasteiger partial charge in [0.2, 0.25) is 0 Å². The van der Waals surface area contributed by atoms with E-state index in [1.807, 2.05) is 12.3 Å². The van der Waals surface area contributed by atoms with Crippen molar-refractivity contribution in [2.75, 3.05) is 0 Å². The van der Waals surface area contributed by atoms with Crippen LogP contribution in [0, 0.1) is 0 Å². The van der Waals surface area contributed by atoms with Crippen molar-refractivity contribution in [3.63, 3.8) is 0 Å². The molecule has 1 aromatic heterocycles. The van der Waals surface area contributed by atoms with Crippen molar-refractivity contribution < 1.29 is 0 Å². The van der Waals surface area contributed by atoms with Gasteiger partial charge in [-0.3, -0.25) is 0 Å². The van der Waals surface area contributed by atoms with Crippen molar-refractivity contribution >= 4 is 0 Å². The van der Waals surface area contributed by atoms with E-state index in [0.29, 0.717) is 12.5 Å². The topological polar surface area (TPSA) is 51.8 Å². The van der Waals surface area contributed by atoms with Gasteiger partial charge in [0.1, 0.15) is 5.82 Å². The second-order valence-corrected chi connectivity index (χ2v) is 4.65. The Balaban J connectivity index is 2.07. The van der Waals surface area contributed by atoms with Crippen LogP contribution in [0.25, 0.3) is 0 Å². The van der Waals surface area contributed by atoms with Crippen LogP contribution >= 0.6 is 0 Å². The summed E-state index contributed by atoms with van der Waals surface area (Å²) in [6, 6.07) is 1.91. The summed E-state index contributed by atoms with van der Waals surface area (Å²) in [6.07, 6.45) is 11.1. The highest BCUT2D eigenvalue weighted by Crippen LogP contribution is 2.28.